The van der Waals surface area contributed by atoms with Crippen molar-refractivity contribution in [3.05, 3.63) is 45.7 Å². The molecule has 0 aromatic rings. The Morgan fingerprint density at radius 1 is 1.62 bits per heavy atom. The Hall–Kier alpha value is -1.91. The lowest BCUT2D eigenvalue weighted by Crippen LogP contribution is -2.07. The summed E-state index contributed by atoms with van der Waals surface area (Å²) in [6.07, 6.45) is 5.93. The van der Waals surface area contributed by atoms with Gasteiger partial charge in [-0.2, -0.15) is 0 Å². The number of carbonyl (C=O) groups excluding carboxylic acids is 1. The third-order valence-corrected chi connectivity index (χ3v) is 1.55. The van der Waals surface area contributed by atoms with Crippen LogP contribution in [-0.2, 0) is 4.79 Å². The van der Waals surface area contributed by atoms with Crippen molar-refractivity contribution in [2.45, 2.75) is 6.42 Å². The van der Waals surface area contributed by atoms with E-state index in [1.807, 2.05) is 0 Å². The molecule has 1 aliphatic carbocycles. The van der Waals surface area contributed by atoms with Gasteiger partial charge in [-0.05, 0) is 18.1 Å². The van der Waals surface area contributed by atoms with Crippen molar-refractivity contribution >= 4 is 5.91 Å². The first-order valence-corrected chi connectivity index (χ1v) is 3.62. The highest BCUT2D eigenvalue weighted by Crippen LogP contribution is 2.15. The van der Waals surface area contributed by atoms with E-state index in [-0.39, 0.29) is 5.70 Å². The number of carbonyl (C=O) groups is 1. The first-order valence-electron chi connectivity index (χ1n) is 3.62. The van der Waals surface area contributed by atoms with Crippen LogP contribution in [0.15, 0.2) is 35.6 Å². The lowest BCUT2D eigenvalue weighted by Gasteiger charge is -2.01. The summed E-state index contributed by atoms with van der Waals surface area (Å²) < 4.78 is 0. The molecule has 0 aromatic carbocycles. The summed E-state index contributed by atoms with van der Waals surface area (Å²) in [7, 11) is 0. The summed E-state index contributed by atoms with van der Waals surface area (Å²) in [6.45, 7) is 0. The molecule has 1 rings (SSSR count). The molecule has 2 N–H and O–H groups in total. The molecular formula is C8H8N2O3. The Labute approximate surface area is 74.4 Å². The minimum Gasteiger partial charge on any atom is -0.366 e. The number of primary amides is 1. The smallest absolute Gasteiger partial charge is 0.265 e. The Morgan fingerprint density at radius 3 is 2.69 bits per heavy atom. The molecule has 0 saturated carbocycles. The highest BCUT2D eigenvalue weighted by atomic mass is 16.6. The van der Waals surface area contributed by atoms with E-state index in [1.54, 1.807) is 0 Å². The lowest BCUT2D eigenvalue weighted by molar-refractivity contribution is -0.419. The molecule has 0 fully saturated rings. The molecule has 68 valence electrons. The monoisotopic (exact) mass is 180 g/mol. The van der Waals surface area contributed by atoms with E-state index < -0.39 is 10.8 Å². The Kier molecular flexibility index (Phi) is 2.59. The van der Waals surface area contributed by atoms with E-state index in [0.717, 1.165) is 0 Å². The predicted octanol–water partition coefficient (Wildman–Crippen LogP) is 0.519. The Morgan fingerprint density at radius 2 is 2.31 bits per heavy atom. The Bertz CT molecular complexity index is 339. The van der Waals surface area contributed by atoms with Crippen molar-refractivity contribution < 1.29 is 9.72 Å². The van der Waals surface area contributed by atoms with Crippen LogP contribution in [0, 0.1) is 10.1 Å². The molecule has 0 aliphatic heterocycles. The number of hydrogen-bond donors (Lipinski definition) is 1. The van der Waals surface area contributed by atoms with Crippen LogP contribution >= 0.6 is 0 Å². The average molecular weight is 180 g/mol. The number of nitro groups is 1. The topological polar surface area (TPSA) is 86.2 Å². The SMILES string of the molecule is NC(=O)C=C1C=CC([N+](=O)[O-])=CC1. The molecule has 0 spiro atoms. The van der Waals surface area contributed by atoms with Gasteiger partial charge in [-0.15, -0.1) is 0 Å². The van der Waals surface area contributed by atoms with Crippen molar-refractivity contribution in [1.29, 1.82) is 0 Å². The number of nitrogens with zero attached hydrogens (tertiary/aromatic N) is 1. The minimum absolute atomic E-state index is 0.0432. The second kappa shape index (κ2) is 3.66. The van der Waals surface area contributed by atoms with Crippen LogP contribution in [0.5, 0.6) is 0 Å². The van der Waals surface area contributed by atoms with Crippen LogP contribution in [0.1, 0.15) is 6.42 Å². The van der Waals surface area contributed by atoms with Gasteiger partial charge >= 0.3 is 0 Å². The molecule has 0 saturated heterocycles. The second-order valence-corrected chi connectivity index (χ2v) is 2.55. The van der Waals surface area contributed by atoms with Gasteiger partial charge in [-0.3, -0.25) is 14.9 Å². The van der Waals surface area contributed by atoms with E-state index >= 15 is 0 Å². The highest BCUT2D eigenvalue weighted by Gasteiger charge is 2.10. The van der Waals surface area contributed by atoms with Crippen LogP contribution in [0.2, 0.25) is 0 Å². The molecule has 0 bridgehead atoms. The lowest BCUT2D eigenvalue weighted by atomic mass is 10.1. The normalized spacial score (nSPS) is 18.5. The van der Waals surface area contributed by atoms with Crippen LogP contribution in [0.4, 0.5) is 0 Å². The summed E-state index contributed by atoms with van der Waals surface area (Å²) in [5.74, 6) is -0.544. The van der Waals surface area contributed by atoms with Crippen molar-refractivity contribution in [2.24, 2.45) is 5.73 Å². The van der Waals surface area contributed by atoms with Crippen molar-refractivity contribution in [3.63, 3.8) is 0 Å². The largest absolute Gasteiger partial charge is 0.366 e. The third kappa shape index (κ3) is 2.55. The van der Waals surface area contributed by atoms with E-state index in [4.69, 9.17) is 5.73 Å². The summed E-state index contributed by atoms with van der Waals surface area (Å²) in [4.78, 5) is 20.2. The summed E-state index contributed by atoms with van der Waals surface area (Å²) in [5.41, 5.74) is 5.64. The third-order valence-electron chi connectivity index (χ3n) is 1.55. The maximum absolute atomic E-state index is 10.4. The van der Waals surface area contributed by atoms with Crippen LogP contribution in [0.25, 0.3) is 0 Å². The van der Waals surface area contributed by atoms with Crippen molar-refractivity contribution in [3.8, 4) is 0 Å². The van der Waals surface area contributed by atoms with Crippen LogP contribution in [0.3, 0.4) is 0 Å². The zero-order valence-electron chi connectivity index (χ0n) is 6.77. The maximum atomic E-state index is 10.4. The maximum Gasteiger partial charge on any atom is 0.265 e. The van der Waals surface area contributed by atoms with E-state index in [9.17, 15) is 14.9 Å². The molecule has 0 unspecified atom stereocenters. The van der Waals surface area contributed by atoms with Crippen molar-refractivity contribution in [1.82, 2.24) is 0 Å². The minimum atomic E-state index is -0.544. The molecule has 5 nitrogen and oxygen atoms in total. The average Bonchev–Trinajstić information content (AvgIpc) is 2.04. The molecule has 1 amide bonds. The fourth-order valence-corrected chi connectivity index (χ4v) is 0.976. The van der Waals surface area contributed by atoms with Gasteiger partial charge in [-0.25, -0.2) is 0 Å². The van der Waals surface area contributed by atoms with Gasteiger partial charge in [0, 0.05) is 12.2 Å². The van der Waals surface area contributed by atoms with Gasteiger partial charge in [0.25, 0.3) is 5.70 Å². The molecule has 0 aromatic heterocycles. The fraction of sp³-hybridized carbons (Fsp3) is 0.125. The zero-order chi connectivity index (χ0) is 9.84. The highest BCUT2D eigenvalue weighted by molar-refractivity contribution is 5.87. The van der Waals surface area contributed by atoms with E-state index in [0.29, 0.717) is 12.0 Å². The van der Waals surface area contributed by atoms with Crippen LogP contribution in [-0.4, -0.2) is 10.8 Å². The van der Waals surface area contributed by atoms with Crippen LogP contribution < -0.4 is 5.73 Å². The first-order chi connectivity index (χ1) is 6.09. The van der Waals surface area contributed by atoms with Gasteiger partial charge in [-0.1, -0.05) is 6.08 Å². The van der Waals surface area contributed by atoms with E-state index in [2.05, 4.69) is 0 Å². The number of allylic oxidation sites excluding steroid dienone is 4. The predicted molar refractivity (Wildman–Crippen MR) is 46.1 cm³/mol. The van der Waals surface area contributed by atoms with Gasteiger partial charge in [0.15, 0.2) is 0 Å². The zero-order valence-corrected chi connectivity index (χ0v) is 6.77. The molecule has 0 heterocycles. The van der Waals surface area contributed by atoms with Gasteiger partial charge in [0.05, 0.1) is 4.92 Å². The number of rotatable bonds is 2. The molecule has 5 heteroatoms. The van der Waals surface area contributed by atoms with Gasteiger partial charge in [0.1, 0.15) is 0 Å². The molecule has 0 radical (unpaired) electrons. The van der Waals surface area contributed by atoms with Gasteiger partial charge in [0.2, 0.25) is 5.91 Å². The molecule has 1 aliphatic rings. The summed E-state index contributed by atoms with van der Waals surface area (Å²) >= 11 is 0. The summed E-state index contributed by atoms with van der Waals surface area (Å²) in [5, 5.41) is 10.3. The first kappa shape index (κ1) is 9.18. The number of nitrogens with two attached hydrogens (primary N) is 1. The quantitative estimate of drug-likeness (QED) is 0.381. The van der Waals surface area contributed by atoms with Gasteiger partial charge < -0.3 is 5.73 Å². The second-order valence-electron chi connectivity index (χ2n) is 2.55. The van der Waals surface area contributed by atoms with Crippen molar-refractivity contribution in [2.75, 3.05) is 0 Å². The fourth-order valence-electron chi connectivity index (χ4n) is 0.976. The molecular weight excluding hydrogens is 172 g/mol. The number of hydrogen-bond acceptors (Lipinski definition) is 3. The molecule has 0 atom stereocenters. The number of amides is 1. The Balaban J connectivity index is 2.74. The molecule has 13 heavy (non-hydrogen) atoms. The van der Waals surface area contributed by atoms with E-state index in [1.165, 1.54) is 24.3 Å². The summed E-state index contributed by atoms with van der Waals surface area (Å²) in [6, 6.07) is 0. The standard InChI is InChI=1S/C8H8N2O3/c9-8(11)5-6-1-3-7(4-2-6)10(12)13/h1,3-5H,2H2,(H2,9,11).